The normalized spacial score (nSPS) is 21.9. The fourth-order valence-electron chi connectivity index (χ4n) is 1.75. The van der Waals surface area contributed by atoms with Gasteiger partial charge >= 0.3 is 0 Å². The molecule has 0 saturated carbocycles. The summed E-state index contributed by atoms with van der Waals surface area (Å²) < 4.78 is 0. The standard InChI is InChI=1S/C11H18N2O2/c1-3-9(8-12)10(14)13-6-4-11(2,15)5-7-13/h9,15H,3-7H2,1-2H3. The highest BCUT2D eigenvalue weighted by molar-refractivity contribution is 5.81. The number of hydrogen-bond acceptors (Lipinski definition) is 3. The van der Waals surface area contributed by atoms with Crippen molar-refractivity contribution in [2.45, 2.75) is 38.7 Å². The van der Waals surface area contributed by atoms with Crippen LogP contribution < -0.4 is 0 Å². The van der Waals surface area contributed by atoms with Crippen molar-refractivity contribution >= 4 is 5.91 Å². The van der Waals surface area contributed by atoms with Crippen molar-refractivity contribution in [3.63, 3.8) is 0 Å². The first-order chi connectivity index (χ1) is 7.00. The van der Waals surface area contributed by atoms with Crippen molar-refractivity contribution in [2.75, 3.05) is 13.1 Å². The molecule has 1 saturated heterocycles. The van der Waals surface area contributed by atoms with Gasteiger partial charge in [0.25, 0.3) is 0 Å². The third-order valence-corrected chi connectivity index (χ3v) is 3.01. The van der Waals surface area contributed by atoms with Crippen molar-refractivity contribution in [3.05, 3.63) is 0 Å². The summed E-state index contributed by atoms with van der Waals surface area (Å²) >= 11 is 0. The molecule has 1 fully saturated rings. The Kier molecular flexibility index (Phi) is 3.70. The largest absolute Gasteiger partial charge is 0.390 e. The number of piperidine rings is 1. The van der Waals surface area contributed by atoms with E-state index in [9.17, 15) is 9.90 Å². The Labute approximate surface area is 90.5 Å². The molecule has 0 bridgehead atoms. The monoisotopic (exact) mass is 210 g/mol. The Morgan fingerprint density at radius 3 is 2.53 bits per heavy atom. The molecule has 15 heavy (non-hydrogen) atoms. The Morgan fingerprint density at radius 1 is 1.60 bits per heavy atom. The van der Waals surface area contributed by atoms with E-state index < -0.39 is 11.5 Å². The molecule has 0 aliphatic carbocycles. The summed E-state index contributed by atoms with van der Waals surface area (Å²) in [6, 6.07) is 2.02. The second-order valence-corrected chi connectivity index (χ2v) is 4.41. The van der Waals surface area contributed by atoms with Crippen LogP contribution in [0.4, 0.5) is 0 Å². The summed E-state index contributed by atoms with van der Waals surface area (Å²) in [4.78, 5) is 13.5. The summed E-state index contributed by atoms with van der Waals surface area (Å²) in [7, 11) is 0. The fourth-order valence-corrected chi connectivity index (χ4v) is 1.75. The van der Waals surface area contributed by atoms with Gasteiger partial charge in [-0.05, 0) is 26.2 Å². The molecule has 1 aliphatic rings. The van der Waals surface area contributed by atoms with Gasteiger partial charge in [0.1, 0.15) is 5.92 Å². The van der Waals surface area contributed by atoms with Crippen LogP contribution in [0.5, 0.6) is 0 Å². The van der Waals surface area contributed by atoms with E-state index in [0.717, 1.165) is 0 Å². The Balaban J connectivity index is 2.54. The molecule has 1 unspecified atom stereocenters. The summed E-state index contributed by atoms with van der Waals surface area (Å²) in [6.07, 6.45) is 1.75. The molecule has 4 nitrogen and oxygen atoms in total. The van der Waals surface area contributed by atoms with Gasteiger partial charge in [0.15, 0.2) is 0 Å². The van der Waals surface area contributed by atoms with Crippen LogP contribution in [0, 0.1) is 17.2 Å². The lowest BCUT2D eigenvalue weighted by Gasteiger charge is -2.36. The maximum atomic E-state index is 11.8. The minimum Gasteiger partial charge on any atom is -0.390 e. The molecule has 1 amide bonds. The van der Waals surface area contributed by atoms with Crippen LogP contribution in [0.2, 0.25) is 0 Å². The van der Waals surface area contributed by atoms with E-state index in [4.69, 9.17) is 5.26 Å². The fraction of sp³-hybridized carbons (Fsp3) is 0.818. The zero-order chi connectivity index (χ0) is 11.5. The lowest BCUT2D eigenvalue weighted by Crippen LogP contribution is -2.46. The van der Waals surface area contributed by atoms with Crippen LogP contribution in [-0.2, 0) is 4.79 Å². The van der Waals surface area contributed by atoms with Crippen LogP contribution in [0.3, 0.4) is 0 Å². The third kappa shape index (κ3) is 2.93. The number of likely N-dealkylation sites (tertiary alicyclic amines) is 1. The van der Waals surface area contributed by atoms with Gasteiger partial charge in [-0.15, -0.1) is 0 Å². The predicted molar refractivity (Wildman–Crippen MR) is 55.8 cm³/mol. The van der Waals surface area contributed by atoms with Crippen LogP contribution in [-0.4, -0.2) is 34.6 Å². The maximum Gasteiger partial charge on any atom is 0.239 e. The van der Waals surface area contributed by atoms with Gasteiger partial charge in [-0.1, -0.05) is 6.92 Å². The van der Waals surface area contributed by atoms with Crippen LogP contribution >= 0.6 is 0 Å². The molecule has 1 rings (SSSR count). The number of nitriles is 1. The van der Waals surface area contributed by atoms with E-state index in [2.05, 4.69) is 0 Å². The van der Waals surface area contributed by atoms with Crippen LogP contribution in [0.15, 0.2) is 0 Å². The van der Waals surface area contributed by atoms with Gasteiger partial charge in [0.2, 0.25) is 5.91 Å². The highest BCUT2D eigenvalue weighted by atomic mass is 16.3. The highest BCUT2D eigenvalue weighted by Crippen LogP contribution is 2.22. The first-order valence-electron chi connectivity index (χ1n) is 5.41. The van der Waals surface area contributed by atoms with Gasteiger partial charge < -0.3 is 10.0 Å². The average molecular weight is 210 g/mol. The summed E-state index contributed by atoms with van der Waals surface area (Å²) in [5, 5.41) is 18.5. The van der Waals surface area contributed by atoms with Crippen molar-refractivity contribution in [1.29, 1.82) is 5.26 Å². The minimum atomic E-state index is -0.648. The van der Waals surface area contributed by atoms with Gasteiger partial charge in [0.05, 0.1) is 11.7 Å². The van der Waals surface area contributed by atoms with Crippen molar-refractivity contribution in [3.8, 4) is 6.07 Å². The van der Waals surface area contributed by atoms with Gasteiger partial charge in [-0.3, -0.25) is 4.79 Å². The lowest BCUT2D eigenvalue weighted by molar-refractivity contribution is -0.137. The number of nitrogens with zero attached hydrogens (tertiary/aromatic N) is 2. The first-order valence-corrected chi connectivity index (χ1v) is 5.41. The molecule has 1 aliphatic heterocycles. The molecule has 4 heteroatoms. The van der Waals surface area contributed by atoms with E-state index in [1.165, 1.54) is 0 Å². The molecule has 0 aromatic carbocycles. The number of hydrogen-bond donors (Lipinski definition) is 1. The van der Waals surface area contributed by atoms with E-state index in [0.29, 0.717) is 32.4 Å². The Hall–Kier alpha value is -1.08. The second kappa shape index (κ2) is 4.63. The molecule has 1 N–H and O–H groups in total. The minimum absolute atomic E-state index is 0.0875. The van der Waals surface area contributed by atoms with Crippen molar-refractivity contribution < 1.29 is 9.90 Å². The third-order valence-electron chi connectivity index (χ3n) is 3.01. The number of carbonyl (C=O) groups is 1. The smallest absolute Gasteiger partial charge is 0.239 e. The molecule has 1 heterocycles. The highest BCUT2D eigenvalue weighted by Gasteiger charge is 2.31. The number of amides is 1. The predicted octanol–water partition coefficient (Wildman–Crippen LogP) is 0.910. The Morgan fingerprint density at radius 2 is 2.13 bits per heavy atom. The van der Waals surface area contributed by atoms with E-state index >= 15 is 0 Å². The maximum absolute atomic E-state index is 11.8. The van der Waals surface area contributed by atoms with E-state index in [-0.39, 0.29) is 5.91 Å². The molecule has 0 radical (unpaired) electrons. The summed E-state index contributed by atoms with van der Waals surface area (Å²) in [6.45, 7) is 4.75. The molecule has 0 aromatic rings. The molecule has 0 spiro atoms. The van der Waals surface area contributed by atoms with Crippen molar-refractivity contribution in [2.24, 2.45) is 5.92 Å². The first kappa shape index (κ1) is 12.0. The molecule has 0 aromatic heterocycles. The SMILES string of the molecule is CCC(C#N)C(=O)N1CCC(C)(O)CC1. The van der Waals surface area contributed by atoms with Crippen LogP contribution in [0.1, 0.15) is 33.1 Å². The topological polar surface area (TPSA) is 64.3 Å². The lowest BCUT2D eigenvalue weighted by atomic mass is 9.93. The van der Waals surface area contributed by atoms with E-state index in [1.54, 1.807) is 11.8 Å². The van der Waals surface area contributed by atoms with E-state index in [1.807, 2.05) is 13.0 Å². The molecule has 84 valence electrons. The van der Waals surface area contributed by atoms with Crippen LogP contribution in [0.25, 0.3) is 0 Å². The van der Waals surface area contributed by atoms with Gasteiger partial charge in [-0.2, -0.15) is 5.26 Å². The van der Waals surface area contributed by atoms with Gasteiger partial charge in [0, 0.05) is 13.1 Å². The average Bonchev–Trinajstić information content (AvgIpc) is 2.19. The zero-order valence-corrected chi connectivity index (χ0v) is 9.36. The number of aliphatic hydroxyl groups is 1. The summed E-state index contributed by atoms with van der Waals surface area (Å²) in [5.74, 6) is -0.608. The van der Waals surface area contributed by atoms with Crippen molar-refractivity contribution in [1.82, 2.24) is 4.90 Å². The number of rotatable bonds is 2. The number of carbonyl (C=O) groups excluding carboxylic acids is 1. The Bertz CT molecular complexity index is 271. The molecule has 1 atom stereocenters. The molecular weight excluding hydrogens is 192 g/mol. The summed E-state index contributed by atoms with van der Waals surface area (Å²) in [5.41, 5.74) is -0.648. The second-order valence-electron chi connectivity index (χ2n) is 4.41. The molecular formula is C11H18N2O2. The quantitative estimate of drug-likeness (QED) is 0.736. The van der Waals surface area contributed by atoms with Gasteiger partial charge in [-0.25, -0.2) is 0 Å². The zero-order valence-electron chi connectivity index (χ0n) is 9.36.